The number of rotatable bonds is 5. The Hall–Kier alpha value is -1.34. The number of tetrazole rings is 1. The molecule has 0 aliphatic rings. The third kappa shape index (κ3) is 3.36. The van der Waals surface area contributed by atoms with Crippen LogP contribution >= 0.6 is 27.7 Å². The number of benzene rings is 1. The van der Waals surface area contributed by atoms with Crippen LogP contribution in [0.1, 0.15) is 5.56 Å². The van der Waals surface area contributed by atoms with Crippen LogP contribution in [0.2, 0.25) is 0 Å². The van der Waals surface area contributed by atoms with Crippen LogP contribution in [0.25, 0.3) is 5.69 Å². The van der Waals surface area contributed by atoms with Crippen LogP contribution in [0.3, 0.4) is 0 Å². The summed E-state index contributed by atoms with van der Waals surface area (Å²) in [6, 6.07) is 5.88. The number of thioether (sulfide) groups is 1. The second-order valence-corrected chi connectivity index (χ2v) is 5.92. The first kappa shape index (κ1) is 14.1. The smallest absolute Gasteiger partial charge is 0.214 e. The maximum Gasteiger partial charge on any atom is 0.214 e. The van der Waals surface area contributed by atoms with Crippen molar-refractivity contribution in [2.24, 2.45) is 0 Å². The Morgan fingerprint density at radius 1 is 1.53 bits per heavy atom. The molecule has 0 saturated carbocycles. The van der Waals surface area contributed by atoms with Crippen LogP contribution in [0, 0.1) is 6.92 Å². The van der Waals surface area contributed by atoms with Crippen LogP contribution in [0.15, 0.2) is 34.4 Å². The van der Waals surface area contributed by atoms with Gasteiger partial charge < -0.3 is 4.74 Å². The van der Waals surface area contributed by atoms with Crippen molar-refractivity contribution in [3.8, 4) is 11.4 Å². The average molecular weight is 341 g/mol. The van der Waals surface area contributed by atoms with E-state index in [1.54, 1.807) is 11.8 Å². The molecule has 0 fully saturated rings. The third-order valence-corrected chi connectivity index (χ3v) is 4.02. The molecule has 1 aromatic carbocycles. The van der Waals surface area contributed by atoms with Gasteiger partial charge in [-0.25, -0.2) is 0 Å². The third-order valence-electron chi connectivity index (χ3n) is 2.36. The highest BCUT2D eigenvalue weighted by atomic mass is 79.9. The summed E-state index contributed by atoms with van der Waals surface area (Å²) in [6.07, 6.45) is 0. The first-order valence-corrected chi connectivity index (χ1v) is 7.29. The lowest BCUT2D eigenvalue weighted by Gasteiger charge is -2.10. The van der Waals surface area contributed by atoms with Gasteiger partial charge in [-0.05, 0) is 39.5 Å². The maximum atomic E-state index is 5.35. The number of aryl methyl sites for hydroxylation is 1. The van der Waals surface area contributed by atoms with Gasteiger partial charge >= 0.3 is 0 Å². The number of methoxy groups -OCH3 is 1. The van der Waals surface area contributed by atoms with E-state index in [2.05, 4.69) is 38.0 Å². The fourth-order valence-corrected chi connectivity index (χ4v) is 2.51. The Balaban J connectivity index is 2.39. The van der Waals surface area contributed by atoms with Crippen molar-refractivity contribution in [2.45, 2.75) is 12.1 Å². The Kier molecular flexibility index (Phi) is 4.60. The molecule has 0 N–H and O–H groups in total. The monoisotopic (exact) mass is 340 g/mol. The number of nitrogens with zero attached hydrogens (tertiary/aromatic N) is 4. The van der Waals surface area contributed by atoms with Crippen molar-refractivity contribution >= 4 is 27.7 Å². The molecule has 2 rings (SSSR count). The lowest BCUT2D eigenvalue weighted by atomic mass is 10.2. The summed E-state index contributed by atoms with van der Waals surface area (Å²) < 4.78 is 7.92. The van der Waals surface area contributed by atoms with E-state index in [0.29, 0.717) is 10.9 Å². The second-order valence-electron chi connectivity index (χ2n) is 3.85. The molecule has 0 aliphatic heterocycles. The SMILES string of the molecule is C=C(Br)CSc1nnnn1-c1cc(C)ccc1OC. The molecule has 0 aliphatic carbocycles. The zero-order valence-electron chi connectivity index (χ0n) is 10.6. The zero-order chi connectivity index (χ0) is 13.8. The van der Waals surface area contributed by atoms with Gasteiger partial charge in [-0.1, -0.05) is 40.3 Å². The van der Waals surface area contributed by atoms with Gasteiger partial charge in [0.1, 0.15) is 11.4 Å². The predicted molar refractivity (Wildman–Crippen MR) is 79.2 cm³/mol. The molecule has 0 amide bonds. The molecule has 0 unspecified atom stereocenters. The minimum absolute atomic E-state index is 0.699. The summed E-state index contributed by atoms with van der Waals surface area (Å²) in [5, 5.41) is 12.5. The quantitative estimate of drug-likeness (QED) is 0.783. The lowest BCUT2D eigenvalue weighted by molar-refractivity contribution is 0.410. The Bertz CT molecular complexity index is 599. The number of aromatic nitrogens is 4. The first-order valence-electron chi connectivity index (χ1n) is 5.51. The molecule has 0 saturated heterocycles. The molecule has 1 heterocycles. The summed E-state index contributed by atoms with van der Waals surface area (Å²) in [5.74, 6) is 1.44. The van der Waals surface area contributed by atoms with Crippen molar-refractivity contribution < 1.29 is 4.74 Å². The first-order chi connectivity index (χ1) is 9.11. The van der Waals surface area contributed by atoms with Gasteiger partial charge in [0.25, 0.3) is 0 Å². The average Bonchev–Trinajstić information content (AvgIpc) is 2.84. The molecular formula is C12H13BrN4OS. The minimum atomic E-state index is 0.699. The summed E-state index contributed by atoms with van der Waals surface area (Å²) in [5.41, 5.74) is 1.95. The van der Waals surface area contributed by atoms with Crippen LogP contribution in [0.4, 0.5) is 0 Å². The standard InChI is InChI=1S/C12H13BrN4OS/c1-8-4-5-11(18-3)10(6-8)17-12(14-15-16-17)19-7-9(2)13/h4-6H,2,7H2,1,3H3. The van der Waals surface area contributed by atoms with Crippen molar-refractivity contribution in [3.05, 3.63) is 34.8 Å². The van der Waals surface area contributed by atoms with E-state index >= 15 is 0 Å². The van der Waals surface area contributed by atoms with E-state index in [0.717, 1.165) is 21.5 Å². The van der Waals surface area contributed by atoms with Crippen molar-refractivity contribution in [1.29, 1.82) is 0 Å². The highest BCUT2D eigenvalue weighted by molar-refractivity contribution is 9.11. The zero-order valence-corrected chi connectivity index (χ0v) is 13.0. The molecule has 0 radical (unpaired) electrons. The van der Waals surface area contributed by atoms with Crippen molar-refractivity contribution in [1.82, 2.24) is 20.2 Å². The van der Waals surface area contributed by atoms with Crippen LogP contribution in [-0.2, 0) is 0 Å². The fourth-order valence-electron chi connectivity index (χ4n) is 1.53. The fraction of sp³-hybridized carbons (Fsp3) is 0.250. The Morgan fingerprint density at radius 2 is 2.32 bits per heavy atom. The highest BCUT2D eigenvalue weighted by Gasteiger charge is 2.13. The summed E-state index contributed by atoms with van der Waals surface area (Å²) >= 11 is 4.83. The minimum Gasteiger partial charge on any atom is -0.494 e. The van der Waals surface area contributed by atoms with Gasteiger partial charge in [0.05, 0.1) is 7.11 Å². The predicted octanol–water partition coefficient (Wildman–Crippen LogP) is 2.98. The number of ether oxygens (including phenoxy) is 1. The summed E-state index contributed by atoms with van der Waals surface area (Å²) in [7, 11) is 1.63. The largest absolute Gasteiger partial charge is 0.494 e. The van der Waals surface area contributed by atoms with Gasteiger partial charge in [-0.3, -0.25) is 0 Å². The van der Waals surface area contributed by atoms with Crippen LogP contribution in [-0.4, -0.2) is 33.1 Å². The molecule has 0 bridgehead atoms. The van der Waals surface area contributed by atoms with E-state index in [9.17, 15) is 0 Å². The lowest BCUT2D eigenvalue weighted by Crippen LogP contribution is -2.02. The van der Waals surface area contributed by atoms with Gasteiger partial charge in [-0.2, -0.15) is 4.68 Å². The molecule has 19 heavy (non-hydrogen) atoms. The maximum absolute atomic E-state index is 5.35. The van der Waals surface area contributed by atoms with Gasteiger partial charge in [0.2, 0.25) is 5.16 Å². The molecule has 0 spiro atoms. The van der Waals surface area contributed by atoms with Crippen LogP contribution in [0.5, 0.6) is 5.75 Å². The highest BCUT2D eigenvalue weighted by Crippen LogP contribution is 2.27. The van der Waals surface area contributed by atoms with E-state index in [4.69, 9.17) is 4.74 Å². The van der Waals surface area contributed by atoms with Crippen molar-refractivity contribution in [3.63, 3.8) is 0 Å². The molecule has 0 atom stereocenters. The Labute approximate surface area is 124 Å². The van der Waals surface area contributed by atoms with E-state index in [-0.39, 0.29) is 0 Å². The normalized spacial score (nSPS) is 10.5. The topological polar surface area (TPSA) is 52.8 Å². The summed E-state index contributed by atoms with van der Waals surface area (Å²) in [4.78, 5) is 0. The molecule has 7 heteroatoms. The number of hydrogen-bond acceptors (Lipinski definition) is 5. The molecule has 100 valence electrons. The van der Waals surface area contributed by atoms with E-state index in [1.165, 1.54) is 11.8 Å². The number of halogens is 1. The van der Waals surface area contributed by atoms with Gasteiger partial charge in [0, 0.05) is 5.75 Å². The molecule has 2 aromatic rings. The van der Waals surface area contributed by atoms with E-state index in [1.807, 2.05) is 25.1 Å². The number of hydrogen-bond donors (Lipinski definition) is 0. The summed E-state index contributed by atoms with van der Waals surface area (Å²) in [6.45, 7) is 5.81. The second kappa shape index (κ2) is 6.21. The van der Waals surface area contributed by atoms with Gasteiger partial charge in [-0.15, -0.1) is 5.10 Å². The Morgan fingerprint density at radius 3 is 3.00 bits per heavy atom. The van der Waals surface area contributed by atoms with Crippen molar-refractivity contribution in [2.75, 3.05) is 12.9 Å². The van der Waals surface area contributed by atoms with Gasteiger partial charge in [0.15, 0.2) is 0 Å². The molecule has 1 aromatic heterocycles. The molecule has 5 nitrogen and oxygen atoms in total. The van der Waals surface area contributed by atoms with E-state index < -0.39 is 0 Å². The molecular weight excluding hydrogens is 328 g/mol. The van der Waals surface area contributed by atoms with Crippen LogP contribution < -0.4 is 4.74 Å².